The number of nitrogens with one attached hydrogen (secondary N) is 1. The molecule has 1 heterocycles. The first kappa shape index (κ1) is 17.6. The van der Waals surface area contributed by atoms with Gasteiger partial charge in [0.25, 0.3) is 5.91 Å². The van der Waals surface area contributed by atoms with E-state index in [1.54, 1.807) is 30.3 Å². The molecule has 1 N–H and O–H groups in total. The second-order valence-corrected chi connectivity index (χ2v) is 5.20. The molecule has 0 saturated heterocycles. The molecule has 0 saturated carbocycles. The molecule has 0 aliphatic carbocycles. The van der Waals surface area contributed by atoms with Gasteiger partial charge in [-0.05, 0) is 43.3 Å². The van der Waals surface area contributed by atoms with Crippen molar-refractivity contribution >= 4 is 35.2 Å². The number of carbonyl (C=O) groups is 2. The molecule has 0 unspecified atom stereocenters. The summed E-state index contributed by atoms with van der Waals surface area (Å²) < 4.78 is 15.2. The summed E-state index contributed by atoms with van der Waals surface area (Å²) >= 11 is 5.90. The van der Waals surface area contributed by atoms with Gasteiger partial charge in [0.15, 0.2) is 6.10 Å². The molecular formula is C17H16ClNO5. The van der Waals surface area contributed by atoms with Crippen molar-refractivity contribution in [2.75, 3.05) is 12.4 Å². The minimum absolute atomic E-state index is 0.393. The van der Waals surface area contributed by atoms with Gasteiger partial charge in [-0.15, -0.1) is 0 Å². The molecule has 0 radical (unpaired) electrons. The second-order valence-electron chi connectivity index (χ2n) is 4.76. The molecule has 1 atom stereocenters. The van der Waals surface area contributed by atoms with Crippen LogP contribution in [0.2, 0.25) is 5.02 Å². The maximum Gasteiger partial charge on any atom is 0.331 e. The molecular weight excluding hydrogens is 334 g/mol. The standard InChI is InChI=1S/C17H16ClNO5/c1-11(24-16(20)8-6-13-4-3-9-23-13)17(21)19-14-10-12(18)5-7-15(14)22-2/h3-11H,1-2H3,(H,19,21)/b8-6+/t11-/m0/s1. The predicted octanol–water partition coefficient (Wildman–Crippen LogP) is 3.53. The van der Waals surface area contributed by atoms with Gasteiger partial charge in [-0.2, -0.15) is 0 Å². The Bertz CT molecular complexity index is 739. The number of ether oxygens (including phenoxy) is 2. The molecule has 1 aromatic heterocycles. The van der Waals surface area contributed by atoms with E-state index in [1.165, 1.54) is 32.4 Å². The van der Waals surface area contributed by atoms with E-state index < -0.39 is 18.0 Å². The van der Waals surface area contributed by atoms with Crippen molar-refractivity contribution in [2.24, 2.45) is 0 Å². The molecule has 2 aromatic rings. The number of halogens is 1. The molecule has 24 heavy (non-hydrogen) atoms. The van der Waals surface area contributed by atoms with Gasteiger partial charge in [-0.1, -0.05) is 11.6 Å². The highest BCUT2D eigenvalue weighted by atomic mass is 35.5. The van der Waals surface area contributed by atoms with Crippen molar-refractivity contribution in [3.05, 3.63) is 53.5 Å². The average molecular weight is 350 g/mol. The Hall–Kier alpha value is -2.73. The normalized spacial score (nSPS) is 12.0. The van der Waals surface area contributed by atoms with E-state index in [4.69, 9.17) is 25.5 Å². The highest BCUT2D eigenvalue weighted by Gasteiger charge is 2.18. The minimum atomic E-state index is -0.998. The summed E-state index contributed by atoms with van der Waals surface area (Å²) in [6, 6.07) is 8.19. The van der Waals surface area contributed by atoms with Gasteiger partial charge in [0.2, 0.25) is 0 Å². The number of amides is 1. The maximum atomic E-state index is 12.1. The summed E-state index contributed by atoms with van der Waals surface area (Å²) in [4.78, 5) is 23.8. The maximum absolute atomic E-state index is 12.1. The Morgan fingerprint density at radius 2 is 2.12 bits per heavy atom. The van der Waals surface area contributed by atoms with Gasteiger partial charge in [0.1, 0.15) is 11.5 Å². The Morgan fingerprint density at radius 1 is 1.33 bits per heavy atom. The van der Waals surface area contributed by atoms with Crippen LogP contribution in [0.3, 0.4) is 0 Å². The third-order valence-corrected chi connectivity index (χ3v) is 3.24. The van der Waals surface area contributed by atoms with Crippen LogP contribution in [0, 0.1) is 0 Å². The number of benzene rings is 1. The van der Waals surface area contributed by atoms with Gasteiger partial charge in [-0.3, -0.25) is 4.79 Å². The number of furan rings is 1. The van der Waals surface area contributed by atoms with Crippen molar-refractivity contribution in [2.45, 2.75) is 13.0 Å². The third-order valence-electron chi connectivity index (χ3n) is 3.01. The van der Waals surface area contributed by atoms with Gasteiger partial charge in [0, 0.05) is 11.1 Å². The van der Waals surface area contributed by atoms with Crippen molar-refractivity contribution in [3.8, 4) is 5.75 Å². The van der Waals surface area contributed by atoms with Crippen LogP contribution in [0.25, 0.3) is 6.08 Å². The van der Waals surface area contributed by atoms with Crippen molar-refractivity contribution in [1.29, 1.82) is 0 Å². The van der Waals surface area contributed by atoms with Crippen LogP contribution in [-0.2, 0) is 14.3 Å². The fraction of sp³-hybridized carbons (Fsp3) is 0.176. The van der Waals surface area contributed by atoms with E-state index in [1.807, 2.05) is 0 Å². The zero-order chi connectivity index (χ0) is 17.5. The Labute approximate surface area is 144 Å². The fourth-order valence-electron chi connectivity index (χ4n) is 1.82. The average Bonchev–Trinajstić information content (AvgIpc) is 3.06. The van der Waals surface area contributed by atoms with Gasteiger partial charge in [0.05, 0.1) is 19.1 Å². The zero-order valence-corrected chi connectivity index (χ0v) is 13.9. The number of esters is 1. The Balaban J connectivity index is 1.94. The van der Waals surface area contributed by atoms with Crippen LogP contribution < -0.4 is 10.1 Å². The lowest BCUT2D eigenvalue weighted by molar-refractivity contribution is -0.148. The molecule has 7 heteroatoms. The highest BCUT2D eigenvalue weighted by Crippen LogP contribution is 2.27. The fourth-order valence-corrected chi connectivity index (χ4v) is 1.99. The monoisotopic (exact) mass is 349 g/mol. The number of hydrogen-bond acceptors (Lipinski definition) is 5. The molecule has 0 spiro atoms. The lowest BCUT2D eigenvalue weighted by Gasteiger charge is -2.14. The zero-order valence-electron chi connectivity index (χ0n) is 13.1. The van der Waals surface area contributed by atoms with E-state index in [-0.39, 0.29) is 0 Å². The summed E-state index contributed by atoms with van der Waals surface area (Å²) in [7, 11) is 1.47. The van der Waals surface area contributed by atoms with Crippen LogP contribution in [0.5, 0.6) is 5.75 Å². The molecule has 0 aliphatic heterocycles. The SMILES string of the molecule is COc1ccc(Cl)cc1NC(=O)[C@H](C)OC(=O)/C=C/c1ccco1. The molecule has 6 nitrogen and oxygen atoms in total. The smallest absolute Gasteiger partial charge is 0.331 e. The topological polar surface area (TPSA) is 77.8 Å². The van der Waals surface area contributed by atoms with Crippen LogP contribution in [0.15, 0.2) is 47.1 Å². The van der Waals surface area contributed by atoms with E-state index in [9.17, 15) is 9.59 Å². The minimum Gasteiger partial charge on any atom is -0.495 e. The van der Waals surface area contributed by atoms with Crippen LogP contribution in [-0.4, -0.2) is 25.1 Å². The van der Waals surface area contributed by atoms with Crippen LogP contribution in [0.1, 0.15) is 12.7 Å². The summed E-state index contributed by atoms with van der Waals surface area (Å²) in [5.41, 5.74) is 0.393. The van der Waals surface area contributed by atoms with E-state index >= 15 is 0 Å². The second kappa shape index (κ2) is 8.21. The summed E-state index contributed by atoms with van der Waals surface area (Å²) in [6.07, 6.45) is 3.12. The lowest BCUT2D eigenvalue weighted by atomic mass is 10.2. The van der Waals surface area contributed by atoms with Gasteiger partial charge < -0.3 is 19.2 Å². The van der Waals surface area contributed by atoms with Crippen LogP contribution in [0.4, 0.5) is 5.69 Å². The van der Waals surface area contributed by atoms with Gasteiger partial charge >= 0.3 is 5.97 Å². The highest BCUT2D eigenvalue weighted by molar-refractivity contribution is 6.31. The molecule has 1 amide bonds. The molecule has 2 rings (SSSR count). The number of anilines is 1. The Kier molecular flexibility index (Phi) is 6.03. The first-order chi connectivity index (χ1) is 11.5. The first-order valence-electron chi connectivity index (χ1n) is 7.06. The van der Waals surface area contributed by atoms with E-state index in [2.05, 4.69) is 5.32 Å². The quantitative estimate of drug-likeness (QED) is 0.637. The number of carbonyl (C=O) groups excluding carboxylic acids is 2. The summed E-state index contributed by atoms with van der Waals surface area (Å²) in [5.74, 6) is -0.209. The number of methoxy groups -OCH3 is 1. The summed E-state index contributed by atoms with van der Waals surface area (Å²) in [5, 5.41) is 3.05. The Morgan fingerprint density at radius 3 is 2.79 bits per heavy atom. The van der Waals surface area contributed by atoms with Crippen molar-refractivity contribution in [1.82, 2.24) is 0 Å². The molecule has 0 fully saturated rings. The van der Waals surface area contributed by atoms with E-state index in [0.717, 1.165) is 0 Å². The van der Waals surface area contributed by atoms with E-state index in [0.29, 0.717) is 22.2 Å². The molecule has 0 bridgehead atoms. The molecule has 0 aliphatic rings. The number of rotatable bonds is 6. The summed E-state index contributed by atoms with van der Waals surface area (Å²) in [6.45, 7) is 1.46. The number of hydrogen-bond donors (Lipinski definition) is 1. The lowest BCUT2D eigenvalue weighted by Crippen LogP contribution is -2.29. The van der Waals surface area contributed by atoms with Crippen LogP contribution >= 0.6 is 11.6 Å². The van der Waals surface area contributed by atoms with Crippen molar-refractivity contribution < 1.29 is 23.5 Å². The molecule has 126 valence electrons. The third kappa shape index (κ3) is 4.89. The molecule has 1 aromatic carbocycles. The van der Waals surface area contributed by atoms with Crippen molar-refractivity contribution in [3.63, 3.8) is 0 Å². The largest absolute Gasteiger partial charge is 0.495 e. The predicted molar refractivity (Wildman–Crippen MR) is 89.9 cm³/mol. The first-order valence-corrected chi connectivity index (χ1v) is 7.44. The van der Waals surface area contributed by atoms with Gasteiger partial charge in [-0.25, -0.2) is 4.79 Å².